The zero-order valence-electron chi connectivity index (χ0n) is 12.7. The Morgan fingerprint density at radius 1 is 1.35 bits per heavy atom. The molecule has 0 amide bonds. The first-order valence-corrected chi connectivity index (χ1v) is 6.53. The van der Waals surface area contributed by atoms with Crippen molar-refractivity contribution < 1.29 is 20.4 Å². The lowest BCUT2D eigenvalue weighted by atomic mass is 9.97. The van der Waals surface area contributed by atoms with Crippen molar-refractivity contribution in [3.8, 4) is 5.75 Å². The molecule has 1 unspecified atom stereocenters. The molecule has 1 aliphatic heterocycles. The molecule has 0 saturated heterocycles. The molecule has 0 aromatic heterocycles. The van der Waals surface area contributed by atoms with Gasteiger partial charge in [-0.05, 0) is 39.0 Å². The first kappa shape index (κ1) is 13.2. The molecule has 108 valence electrons. The number of esters is 1. The van der Waals surface area contributed by atoms with E-state index >= 15 is 0 Å². The quantitative estimate of drug-likeness (QED) is 0.627. The molecular formula is C16H20O4. The summed E-state index contributed by atoms with van der Waals surface area (Å²) in [5.41, 5.74) is -0.789. The maximum absolute atomic E-state index is 11.8. The van der Waals surface area contributed by atoms with Gasteiger partial charge < -0.3 is 14.2 Å². The van der Waals surface area contributed by atoms with E-state index in [1.54, 1.807) is 19.9 Å². The molecular weight excluding hydrogens is 256 g/mol. The number of benzene rings is 1. The van der Waals surface area contributed by atoms with Crippen LogP contribution >= 0.6 is 0 Å². The van der Waals surface area contributed by atoms with Gasteiger partial charge in [0.1, 0.15) is 18.5 Å². The van der Waals surface area contributed by atoms with Crippen LogP contribution in [0.15, 0.2) is 42.5 Å². The highest BCUT2D eigenvalue weighted by Gasteiger charge is 2.26. The Balaban J connectivity index is 1.76. The molecule has 1 aliphatic rings. The molecule has 0 N–H and O–H groups in total. The third kappa shape index (κ3) is 4.10. The highest BCUT2D eigenvalue weighted by Crippen LogP contribution is 2.19. The summed E-state index contributed by atoms with van der Waals surface area (Å²) in [5.74, 6) is 0.335. The van der Waals surface area contributed by atoms with E-state index in [0.29, 0.717) is 0 Å². The van der Waals surface area contributed by atoms with Crippen LogP contribution in [0.25, 0.3) is 0 Å². The van der Waals surface area contributed by atoms with Crippen molar-refractivity contribution in [1.82, 2.24) is 0 Å². The van der Waals surface area contributed by atoms with E-state index in [0.717, 1.165) is 5.75 Å². The van der Waals surface area contributed by atoms with Gasteiger partial charge in [-0.25, -0.2) is 0 Å². The van der Waals surface area contributed by atoms with Crippen LogP contribution in [-0.4, -0.2) is 25.0 Å². The standard InChI is InChI=1S/C16H20O4/c1-16(2,3)15(17)18-11-13-9-10-14(20-13)19-12-7-5-4-6-8-12/h4-10,13-14H,11H2,1-3H3/t13-,14?/m0/s1/i1D. The minimum Gasteiger partial charge on any atom is -0.462 e. The van der Waals surface area contributed by atoms with Crippen molar-refractivity contribution in [2.45, 2.75) is 33.1 Å². The molecule has 0 radical (unpaired) electrons. The summed E-state index contributed by atoms with van der Waals surface area (Å²) in [7, 11) is 0. The Kier molecular flexibility index (Phi) is 4.02. The molecule has 2 rings (SSSR count). The molecule has 20 heavy (non-hydrogen) atoms. The van der Waals surface area contributed by atoms with Gasteiger partial charge in [0.25, 0.3) is 0 Å². The Hall–Kier alpha value is -1.81. The van der Waals surface area contributed by atoms with Crippen LogP contribution in [0.3, 0.4) is 0 Å². The normalized spacial score (nSPS) is 22.4. The molecule has 0 fully saturated rings. The van der Waals surface area contributed by atoms with E-state index < -0.39 is 11.7 Å². The van der Waals surface area contributed by atoms with Crippen molar-refractivity contribution in [3.05, 3.63) is 42.5 Å². The smallest absolute Gasteiger partial charge is 0.311 e. The SMILES string of the molecule is [2H]CC(C)(C)C(=O)OC[C@@H]1C=CC(Oc2ccccc2)O1. The summed E-state index contributed by atoms with van der Waals surface area (Å²) in [6.45, 7) is 3.50. The second kappa shape index (κ2) is 6.09. The van der Waals surface area contributed by atoms with Gasteiger partial charge >= 0.3 is 5.97 Å². The monoisotopic (exact) mass is 277 g/mol. The highest BCUT2D eigenvalue weighted by molar-refractivity contribution is 5.75. The van der Waals surface area contributed by atoms with Crippen LogP contribution in [0.1, 0.15) is 22.1 Å². The van der Waals surface area contributed by atoms with E-state index in [1.165, 1.54) is 0 Å². The van der Waals surface area contributed by atoms with Gasteiger partial charge in [0.05, 0.1) is 5.41 Å². The molecule has 0 spiro atoms. The Morgan fingerprint density at radius 3 is 2.80 bits per heavy atom. The molecule has 4 nitrogen and oxygen atoms in total. The second-order valence-corrected chi connectivity index (χ2v) is 5.34. The number of para-hydroxylation sites is 1. The van der Waals surface area contributed by atoms with Crippen LogP contribution in [0.5, 0.6) is 5.75 Å². The number of carbonyl (C=O) groups excluding carboxylic acids is 1. The Bertz CT molecular complexity index is 498. The van der Waals surface area contributed by atoms with Crippen LogP contribution in [0.4, 0.5) is 0 Å². The number of rotatable bonds is 4. The summed E-state index contributed by atoms with van der Waals surface area (Å²) in [4.78, 5) is 11.8. The summed E-state index contributed by atoms with van der Waals surface area (Å²) < 4.78 is 23.7. The van der Waals surface area contributed by atoms with Crippen molar-refractivity contribution in [2.24, 2.45) is 5.41 Å². The lowest BCUT2D eigenvalue weighted by molar-refractivity contribution is -0.158. The van der Waals surface area contributed by atoms with Gasteiger partial charge in [0.2, 0.25) is 6.29 Å². The fourth-order valence-corrected chi connectivity index (χ4v) is 1.63. The second-order valence-electron chi connectivity index (χ2n) is 5.34. The number of carbonyl (C=O) groups is 1. The fraction of sp³-hybridized carbons (Fsp3) is 0.438. The minimum atomic E-state index is -0.789. The van der Waals surface area contributed by atoms with Crippen molar-refractivity contribution in [3.63, 3.8) is 0 Å². The number of hydrogen-bond donors (Lipinski definition) is 0. The predicted octanol–water partition coefficient (Wildman–Crippen LogP) is 2.94. The molecule has 1 aromatic rings. The van der Waals surface area contributed by atoms with Crippen LogP contribution < -0.4 is 4.74 Å². The number of ether oxygens (including phenoxy) is 3. The topological polar surface area (TPSA) is 44.8 Å². The van der Waals surface area contributed by atoms with E-state index in [2.05, 4.69) is 0 Å². The third-order valence-corrected chi connectivity index (χ3v) is 2.72. The maximum Gasteiger partial charge on any atom is 0.311 e. The average molecular weight is 277 g/mol. The van der Waals surface area contributed by atoms with Crippen molar-refractivity contribution >= 4 is 5.97 Å². The van der Waals surface area contributed by atoms with Gasteiger partial charge in [-0.1, -0.05) is 24.3 Å². The van der Waals surface area contributed by atoms with Gasteiger partial charge in [0, 0.05) is 1.37 Å². The van der Waals surface area contributed by atoms with Crippen molar-refractivity contribution in [2.75, 3.05) is 6.61 Å². The van der Waals surface area contributed by atoms with Crippen LogP contribution in [0, 0.1) is 5.41 Å². The van der Waals surface area contributed by atoms with E-state index in [9.17, 15) is 4.79 Å². The first-order chi connectivity index (χ1) is 10.0. The average Bonchev–Trinajstić information content (AvgIpc) is 2.93. The predicted molar refractivity (Wildman–Crippen MR) is 75.3 cm³/mol. The van der Waals surface area contributed by atoms with Gasteiger partial charge in [-0.3, -0.25) is 4.79 Å². The highest BCUT2D eigenvalue weighted by atomic mass is 16.7. The number of hydrogen-bond acceptors (Lipinski definition) is 4. The molecule has 2 atom stereocenters. The lowest BCUT2D eigenvalue weighted by Crippen LogP contribution is -2.28. The summed E-state index contributed by atoms with van der Waals surface area (Å²) in [6, 6.07) is 9.38. The maximum atomic E-state index is 11.8. The lowest BCUT2D eigenvalue weighted by Gasteiger charge is -2.19. The van der Waals surface area contributed by atoms with E-state index in [4.69, 9.17) is 15.6 Å². The van der Waals surface area contributed by atoms with Crippen LogP contribution in [0.2, 0.25) is 0 Å². The van der Waals surface area contributed by atoms with Crippen molar-refractivity contribution in [1.29, 1.82) is 0 Å². The summed E-state index contributed by atoms with van der Waals surface area (Å²) in [5, 5.41) is 0. The summed E-state index contributed by atoms with van der Waals surface area (Å²) in [6.07, 6.45) is 2.82. The summed E-state index contributed by atoms with van der Waals surface area (Å²) >= 11 is 0. The first-order valence-electron chi connectivity index (χ1n) is 7.24. The minimum absolute atomic E-state index is 0.00700. The Labute approximate surface area is 120 Å². The largest absolute Gasteiger partial charge is 0.462 e. The fourth-order valence-electron chi connectivity index (χ4n) is 1.63. The molecule has 0 aliphatic carbocycles. The Morgan fingerprint density at radius 2 is 2.10 bits per heavy atom. The molecule has 1 heterocycles. The van der Waals surface area contributed by atoms with Gasteiger partial charge in [-0.2, -0.15) is 0 Å². The molecule has 0 saturated carbocycles. The zero-order valence-corrected chi connectivity index (χ0v) is 11.7. The molecule has 4 heteroatoms. The van der Waals surface area contributed by atoms with Crippen LogP contribution in [-0.2, 0) is 14.3 Å². The molecule has 1 aromatic carbocycles. The zero-order chi connectivity index (χ0) is 15.3. The molecule has 0 bridgehead atoms. The van der Waals surface area contributed by atoms with E-state index in [1.807, 2.05) is 36.4 Å². The van der Waals surface area contributed by atoms with Gasteiger partial charge in [-0.15, -0.1) is 0 Å². The third-order valence-electron chi connectivity index (χ3n) is 2.72. The van der Waals surface area contributed by atoms with Gasteiger partial charge in [0.15, 0.2) is 0 Å². The van der Waals surface area contributed by atoms with E-state index in [-0.39, 0.29) is 25.6 Å².